The third kappa shape index (κ3) is 2.67. The molecule has 21 heavy (non-hydrogen) atoms. The number of nitrogens with one attached hydrogen (secondary N) is 2. The number of H-pyrrole nitrogens is 1. The molecule has 0 saturated heterocycles. The molecule has 104 valence electrons. The van der Waals surface area contributed by atoms with Crippen LogP contribution in [0.2, 0.25) is 0 Å². The van der Waals surface area contributed by atoms with Crippen molar-refractivity contribution in [2.75, 3.05) is 5.32 Å². The molecular weight excluding hydrogens is 266 g/mol. The smallest absolute Gasteiger partial charge is 0.262 e. The highest BCUT2D eigenvalue weighted by Crippen LogP contribution is 2.11. The molecule has 2 aromatic heterocycles. The van der Waals surface area contributed by atoms with Crippen LogP contribution in [0.3, 0.4) is 0 Å². The molecule has 0 saturated carbocycles. The maximum atomic E-state index is 12.2. The van der Waals surface area contributed by atoms with E-state index < -0.39 is 11.5 Å². The molecule has 2 N–H and O–H groups in total. The Kier molecular flexibility index (Phi) is 3.23. The summed E-state index contributed by atoms with van der Waals surface area (Å²) in [6, 6.07) is 12.5. The predicted octanol–water partition coefficient (Wildman–Crippen LogP) is 2.48. The zero-order valence-electron chi connectivity index (χ0n) is 11.4. The van der Waals surface area contributed by atoms with E-state index in [0.717, 1.165) is 5.56 Å². The SMILES string of the molecule is Cc1ccc(NC(=O)c2cc3cccnc3[nH]c2=O)cc1. The van der Waals surface area contributed by atoms with E-state index in [2.05, 4.69) is 15.3 Å². The van der Waals surface area contributed by atoms with Crippen molar-refractivity contribution in [3.8, 4) is 0 Å². The number of carbonyl (C=O) groups excluding carboxylic acids is 1. The van der Waals surface area contributed by atoms with E-state index in [0.29, 0.717) is 16.7 Å². The van der Waals surface area contributed by atoms with Gasteiger partial charge in [-0.05, 0) is 37.3 Å². The van der Waals surface area contributed by atoms with Crippen LogP contribution >= 0.6 is 0 Å². The van der Waals surface area contributed by atoms with Crippen molar-refractivity contribution in [1.82, 2.24) is 9.97 Å². The molecule has 0 unspecified atom stereocenters. The van der Waals surface area contributed by atoms with Crippen LogP contribution in [-0.4, -0.2) is 15.9 Å². The van der Waals surface area contributed by atoms with Gasteiger partial charge in [0.25, 0.3) is 11.5 Å². The Morgan fingerprint density at radius 3 is 2.71 bits per heavy atom. The number of anilines is 1. The lowest BCUT2D eigenvalue weighted by molar-refractivity contribution is 0.102. The summed E-state index contributed by atoms with van der Waals surface area (Å²) < 4.78 is 0. The number of aromatic amines is 1. The summed E-state index contributed by atoms with van der Waals surface area (Å²) in [5.74, 6) is -0.439. The fourth-order valence-corrected chi connectivity index (χ4v) is 2.04. The molecule has 0 spiro atoms. The number of nitrogens with zero attached hydrogens (tertiary/aromatic N) is 1. The largest absolute Gasteiger partial charge is 0.322 e. The normalized spacial score (nSPS) is 10.5. The highest BCUT2D eigenvalue weighted by atomic mass is 16.2. The molecule has 0 aliphatic heterocycles. The average Bonchev–Trinajstić information content (AvgIpc) is 2.49. The van der Waals surface area contributed by atoms with Gasteiger partial charge < -0.3 is 10.3 Å². The first-order valence-electron chi connectivity index (χ1n) is 6.49. The standard InChI is InChI=1S/C16H13N3O2/c1-10-4-6-12(7-5-10)18-15(20)13-9-11-3-2-8-17-14(11)19-16(13)21/h2-9H,1H3,(H,18,20)(H,17,19,21). The fourth-order valence-electron chi connectivity index (χ4n) is 2.04. The summed E-state index contributed by atoms with van der Waals surface area (Å²) in [6.07, 6.45) is 1.59. The Bertz CT molecular complexity index is 867. The number of benzene rings is 1. The van der Waals surface area contributed by atoms with Gasteiger partial charge >= 0.3 is 0 Å². The van der Waals surface area contributed by atoms with Crippen LogP contribution in [0.1, 0.15) is 15.9 Å². The van der Waals surface area contributed by atoms with E-state index in [1.165, 1.54) is 0 Å². The third-order valence-corrected chi connectivity index (χ3v) is 3.17. The lowest BCUT2D eigenvalue weighted by Crippen LogP contribution is -2.23. The van der Waals surface area contributed by atoms with Crippen LogP contribution in [0.15, 0.2) is 53.5 Å². The van der Waals surface area contributed by atoms with Crippen molar-refractivity contribution in [3.63, 3.8) is 0 Å². The van der Waals surface area contributed by atoms with Gasteiger partial charge in [-0.25, -0.2) is 4.98 Å². The lowest BCUT2D eigenvalue weighted by atomic mass is 10.2. The van der Waals surface area contributed by atoms with E-state index >= 15 is 0 Å². The first-order chi connectivity index (χ1) is 10.1. The average molecular weight is 279 g/mol. The zero-order chi connectivity index (χ0) is 14.8. The molecule has 0 radical (unpaired) electrons. The van der Waals surface area contributed by atoms with Crippen molar-refractivity contribution >= 4 is 22.6 Å². The second-order valence-electron chi connectivity index (χ2n) is 4.77. The van der Waals surface area contributed by atoms with Crippen LogP contribution in [0, 0.1) is 6.92 Å². The van der Waals surface area contributed by atoms with E-state index in [1.807, 2.05) is 19.1 Å². The van der Waals surface area contributed by atoms with Gasteiger partial charge in [0.15, 0.2) is 0 Å². The van der Waals surface area contributed by atoms with Gasteiger partial charge in [-0.3, -0.25) is 9.59 Å². The number of aromatic nitrogens is 2. The predicted molar refractivity (Wildman–Crippen MR) is 81.5 cm³/mol. The van der Waals surface area contributed by atoms with Crippen LogP contribution in [-0.2, 0) is 0 Å². The minimum atomic E-state index is -0.453. The molecule has 5 nitrogen and oxygen atoms in total. The first kappa shape index (κ1) is 13.1. The summed E-state index contributed by atoms with van der Waals surface area (Å²) in [6.45, 7) is 1.96. The third-order valence-electron chi connectivity index (χ3n) is 3.17. The maximum absolute atomic E-state index is 12.2. The Labute approximate surface area is 120 Å². The fraction of sp³-hybridized carbons (Fsp3) is 0.0625. The van der Waals surface area contributed by atoms with Crippen LogP contribution in [0.5, 0.6) is 0 Å². The van der Waals surface area contributed by atoms with Crippen LogP contribution in [0.25, 0.3) is 11.0 Å². The summed E-state index contributed by atoms with van der Waals surface area (Å²) in [4.78, 5) is 30.8. The van der Waals surface area contributed by atoms with E-state index in [1.54, 1.807) is 36.5 Å². The highest BCUT2D eigenvalue weighted by molar-refractivity contribution is 6.05. The molecule has 0 bridgehead atoms. The van der Waals surface area contributed by atoms with E-state index in [9.17, 15) is 9.59 Å². The Morgan fingerprint density at radius 2 is 1.95 bits per heavy atom. The molecule has 2 heterocycles. The minimum absolute atomic E-state index is 0.0658. The number of hydrogen-bond donors (Lipinski definition) is 2. The number of rotatable bonds is 2. The lowest BCUT2D eigenvalue weighted by Gasteiger charge is -2.06. The number of amides is 1. The van der Waals surface area contributed by atoms with Crippen molar-refractivity contribution in [2.45, 2.75) is 6.92 Å². The molecule has 5 heteroatoms. The van der Waals surface area contributed by atoms with Gasteiger partial charge in [-0.1, -0.05) is 17.7 Å². The highest BCUT2D eigenvalue weighted by Gasteiger charge is 2.12. The molecular formula is C16H13N3O2. The van der Waals surface area contributed by atoms with Crippen LogP contribution < -0.4 is 10.9 Å². The first-order valence-corrected chi connectivity index (χ1v) is 6.49. The molecule has 0 atom stereocenters. The Balaban J connectivity index is 1.95. The van der Waals surface area contributed by atoms with E-state index in [4.69, 9.17) is 0 Å². The van der Waals surface area contributed by atoms with Gasteiger partial charge in [-0.2, -0.15) is 0 Å². The number of pyridine rings is 2. The number of aryl methyl sites for hydroxylation is 1. The van der Waals surface area contributed by atoms with Crippen LogP contribution in [0.4, 0.5) is 5.69 Å². The van der Waals surface area contributed by atoms with Gasteiger partial charge in [0, 0.05) is 17.3 Å². The number of hydrogen-bond acceptors (Lipinski definition) is 3. The molecule has 0 aliphatic rings. The summed E-state index contributed by atoms with van der Waals surface area (Å²) in [7, 11) is 0. The van der Waals surface area contributed by atoms with Crippen molar-refractivity contribution in [3.05, 3.63) is 70.1 Å². The molecule has 0 aliphatic carbocycles. The molecule has 1 aromatic carbocycles. The van der Waals surface area contributed by atoms with E-state index in [-0.39, 0.29) is 5.56 Å². The molecule has 3 aromatic rings. The summed E-state index contributed by atoms with van der Waals surface area (Å²) >= 11 is 0. The Morgan fingerprint density at radius 1 is 1.19 bits per heavy atom. The van der Waals surface area contributed by atoms with Gasteiger partial charge in [0.1, 0.15) is 11.2 Å². The summed E-state index contributed by atoms with van der Waals surface area (Å²) in [5.41, 5.74) is 1.83. The number of fused-ring (bicyclic) bond motifs is 1. The number of carbonyl (C=O) groups is 1. The summed E-state index contributed by atoms with van der Waals surface area (Å²) in [5, 5.41) is 3.43. The second-order valence-corrected chi connectivity index (χ2v) is 4.77. The van der Waals surface area contributed by atoms with Crippen molar-refractivity contribution in [1.29, 1.82) is 0 Å². The van der Waals surface area contributed by atoms with Crippen molar-refractivity contribution < 1.29 is 4.79 Å². The second kappa shape index (κ2) is 5.20. The Hall–Kier alpha value is -2.95. The van der Waals surface area contributed by atoms with Gasteiger partial charge in [-0.15, -0.1) is 0 Å². The topological polar surface area (TPSA) is 74.8 Å². The van der Waals surface area contributed by atoms with Gasteiger partial charge in [0.05, 0.1) is 0 Å². The monoisotopic (exact) mass is 279 g/mol. The molecule has 1 amide bonds. The minimum Gasteiger partial charge on any atom is -0.322 e. The molecule has 0 fully saturated rings. The maximum Gasteiger partial charge on any atom is 0.262 e. The zero-order valence-corrected chi connectivity index (χ0v) is 11.4. The molecule has 3 rings (SSSR count). The van der Waals surface area contributed by atoms with Crippen molar-refractivity contribution in [2.24, 2.45) is 0 Å². The van der Waals surface area contributed by atoms with Gasteiger partial charge in [0.2, 0.25) is 0 Å². The quantitative estimate of drug-likeness (QED) is 0.756.